The third-order valence-corrected chi connectivity index (χ3v) is 3.22. The predicted octanol–water partition coefficient (Wildman–Crippen LogP) is 2.04. The fourth-order valence-corrected chi connectivity index (χ4v) is 2.02. The molecular weight excluding hydrogens is 278 g/mol. The molecule has 3 rings (SSSR count). The lowest BCUT2D eigenvalue weighted by Gasteiger charge is -2.11. The molecule has 1 saturated carbocycles. The van der Waals surface area contributed by atoms with E-state index in [-0.39, 0.29) is 17.4 Å². The molecule has 0 unspecified atom stereocenters. The molecule has 1 fully saturated rings. The Kier molecular flexibility index (Phi) is 3.51. The highest BCUT2D eigenvalue weighted by atomic mass is 16.6. The Balaban J connectivity index is 1.87. The van der Waals surface area contributed by atoms with E-state index in [1.807, 2.05) is 0 Å². The Bertz CT molecular complexity index is 585. The van der Waals surface area contributed by atoms with Crippen molar-refractivity contribution in [1.29, 1.82) is 0 Å². The summed E-state index contributed by atoms with van der Waals surface area (Å²) in [6.07, 6.45) is 2.58. The average Bonchev–Trinajstić information content (AvgIpc) is 3.24. The highest BCUT2D eigenvalue weighted by Crippen LogP contribution is 2.39. The summed E-state index contributed by atoms with van der Waals surface area (Å²) in [5.41, 5.74) is -0.118. The van der Waals surface area contributed by atoms with Gasteiger partial charge in [0.25, 0.3) is 5.69 Å². The van der Waals surface area contributed by atoms with E-state index < -0.39 is 11.0 Å². The summed E-state index contributed by atoms with van der Waals surface area (Å²) in [5, 5.41) is 16.4. The van der Waals surface area contributed by atoms with E-state index in [1.165, 1.54) is 12.1 Å². The van der Waals surface area contributed by atoms with Crippen LogP contribution in [0, 0.1) is 10.1 Å². The zero-order valence-electron chi connectivity index (χ0n) is 11.3. The lowest BCUT2D eigenvalue weighted by Crippen LogP contribution is -2.30. The standard InChI is InChI=1S/C13H15N3O5/c17-13(14-8-2-3-8)15-9-6-11-12(7-10(9)16(18)19)21-5-1-4-20-11/h6-8H,1-5H2,(H2,14,15,17). The van der Waals surface area contributed by atoms with E-state index in [2.05, 4.69) is 10.6 Å². The van der Waals surface area contributed by atoms with E-state index in [4.69, 9.17) is 9.47 Å². The van der Waals surface area contributed by atoms with Gasteiger partial charge in [0.15, 0.2) is 11.5 Å². The van der Waals surface area contributed by atoms with Crippen LogP contribution in [0.25, 0.3) is 0 Å². The number of nitro benzene ring substituents is 1. The fourth-order valence-electron chi connectivity index (χ4n) is 2.02. The van der Waals surface area contributed by atoms with Gasteiger partial charge >= 0.3 is 6.03 Å². The predicted molar refractivity (Wildman–Crippen MR) is 73.9 cm³/mol. The van der Waals surface area contributed by atoms with Crippen LogP contribution in [0.5, 0.6) is 11.5 Å². The normalized spacial score (nSPS) is 16.8. The first-order valence-corrected chi connectivity index (χ1v) is 6.79. The van der Waals surface area contributed by atoms with Crippen molar-refractivity contribution in [2.24, 2.45) is 0 Å². The molecule has 1 aliphatic carbocycles. The molecule has 2 amide bonds. The van der Waals surface area contributed by atoms with Crippen LogP contribution in [0.15, 0.2) is 12.1 Å². The smallest absolute Gasteiger partial charge is 0.319 e. The van der Waals surface area contributed by atoms with Crippen molar-refractivity contribution in [2.45, 2.75) is 25.3 Å². The third kappa shape index (κ3) is 3.15. The monoisotopic (exact) mass is 293 g/mol. The summed E-state index contributed by atoms with van der Waals surface area (Å²) in [4.78, 5) is 22.3. The van der Waals surface area contributed by atoms with Gasteiger partial charge in [-0.3, -0.25) is 10.1 Å². The molecule has 2 N–H and O–H groups in total. The number of carbonyl (C=O) groups is 1. The van der Waals surface area contributed by atoms with Gasteiger partial charge in [0.2, 0.25) is 0 Å². The van der Waals surface area contributed by atoms with Gasteiger partial charge in [-0.1, -0.05) is 0 Å². The van der Waals surface area contributed by atoms with E-state index in [0.29, 0.717) is 31.1 Å². The molecule has 0 saturated heterocycles. The molecule has 1 heterocycles. The SMILES string of the molecule is O=C(Nc1cc2c(cc1[N+](=O)[O-])OCCCO2)NC1CC1. The molecule has 0 radical (unpaired) electrons. The van der Waals surface area contributed by atoms with Crippen LogP contribution in [0.3, 0.4) is 0 Å². The van der Waals surface area contributed by atoms with Gasteiger partial charge in [0, 0.05) is 18.5 Å². The van der Waals surface area contributed by atoms with Gasteiger partial charge in [-0.25, -0.2) is 4.79 Å². The number of hydrogen-bond acceptors (Lipinski definition) is 5. The van der Waals surface area contributed by atoms with Crippen molar-refractivity contribution < 1.29 is 19.2 Å². The minimum absolute atomic E-state index is 0.0994. The molecule has 1 aromatic rings. The number of rotatable bonds is 3. The van der Waals surface area contributed by atoms with Gasteiger partial charge in [-0.05, 0) is 12.8 Å². The van der Waals surface area contributed by atoms with E-state index in [9.17, 15) is 14.9 Å². The number of amides is 2. The topological polar surface area (TPSA) is 103 Å². The quantitative estimate of drug-likeness (QED) is 0.655. The minimum atomic E-state index is -0.554. The molecule has 1 aromatic carbocycles. The van der Waals surface area contributed by atoms with Crippen LogP contribution in [-0.4, -0.2) is 30.2 Å². The average molecular weight is 293 g/mol. The summed E-state index contributed by atoms with van der Waals surface area (Å²) in [5.74, 6) is 0.729. The molecule has 1 aliphatic heterocycles. The molecule has 0 atom stereocenters. The number of nitro groups is 1. The summed E-state index contributed by atoms with van der Waals surface area (Å²) < 4.78 is 10.9. The minimum Gasteiger partial charge on any atom is -0.489 e. The van der Waals surface area contributed by atoms with Gasteiger partial charge < -0.3 is 20.1 Å². The molecule has 8 nitrogen and oxygen atoms in total. The molecule has 0 aromatic heterocycles. The van der Waals surface area contributed by atoms with E-state index in [1.54, 1.807) is 0 Å². The highest BCUT2D eigenvalue weighted by Gasteiger charge is 2.26. The molecular formula is C13H15N3O5. The number of nitrogens with zero attached hydrogens (tertiary/aromatic N) is 1. The number of hydrogen-bond donors (Lipinski definition) is 2. The molecule has 0 bridgehead atoms. The first kappa shape index (κ1) is 13.5. The first-order valence-electron chi connectivity index (χ1n) is 6.79. The van der Waals surface area contributed by atoms with Crippen LogP contribution in [0.4, 0.5) is 16.2 Å². The Labute approximate surface area is 120 Å². The van der Waals surface area contributed by atoms with Crippen molar-refractivity contribution in [3.8, 4) is 11.5 Å². The van der Waals surface area contributed by atoms with Crippen LogP contribution >= 0.6 is 0 Å². The largest absolute Gasteiger partial charge is 0.489 e. The summed E-state index contributed by atoms with van der Waals surface area (Å²) >= 11 is 0. The molecule has 112 valence electrons. The maximum atomic E-state index is 11.8. The second-order valence-corrected chi connectivity index (χ2v) is 5.00. The number of carbonyl (C=O) groups excluding carboxylic acids is 1. The number of ether oxygens (including phenoxy) is 2. The molecule has 8 heteroatoms. The zero-order chi connectivity index (χ0) is 14.8. The highest BCUT2D eigenvalue weighted by molar-refractivity contribution is 5.92. The molecule has 21 heavy (non-hydrogen) atoms. The Hall–Kier alpha value is -2.51. The van der Waals surface area contributed by atoms with Crippen LogP contribution in [0.1, 0.15) is 19.3 Å². The molecule has 2 aliphatic rings. The first-order chi connectivity index (χ1) is 10.1. The number of nitrogens with one attached hydrogen (secondary N) is 2. The summed E-state index contributed by atoms with van der Waals surface area (Å²) in [6.45, 7) is 0.914. The molecule has 0 spiro atoms. The fraction of sp³-hybridized carbons (Fsp3) is 0.462. The van der Waals surface area contributed by atoms with Crippen LogP contribution in [-0.2, 0) is 0 Å². The van der Waals surface area contributed by atoms with E-state index in [0.717, 1.165) is 12.8 Å². The Morgan fingerprint density at radius 3 is 2.52 bits per heavy atom. The van der Waals surface area contributed by atoms with Crippen molar-refractivity contribution in [3.63, 3.8) is 0 Å². The second kappa shape index (κ2) is 5.47. The Morgan fingerprint density at radius 1 is 1.24 bits per heavy atom. The maximum Gasteiger partial charge on any atom is 0.319 e. The Morgan fingerprint density at radius 2 is 1.90 bits per heavy atom. The number of benzene rings is 1. The lowest BCUT2D eigenvalue weighted by atomic mass is 10.2. The van der Waals surface area contributed by atoms with Crippen molar-refractivity contribution >= 4 is 17.4 Å². The van der Waals surface area contributed by atoms with Crippen molar-refractivity contribution in [1.82, 2.24) is 5.32 Å². The van der Waals surface area contributed by atoms with E-state index >= 15 is 0 Å². The maximum absolute atomic E-state index is 11.8. The number of fused-ring (bicyclic) bond motifs is 1. The second-order valence-electron chi connectivity index (χ2n) is 5.00. The number of anilines is 1. The van der Waals surface area contributed by atoms with Gasteiger partial charge in [0.05, 0.1) is 24.2 Å². The van der Waals surface area contributed by atoms with Gasteiger partial charge in [-0.2, -0.15) is 0 Å². The summed E-state index contributed by atoms with van der Waals surface area (Å²) in [7, 11) is 0. The van der Waals surface area contributed by atoms with Crippen LogP contribution in [0.2, 0.25) is 0 Å². The van der Waals surface area contributed by atoms with Gasteiger partial charge in [-0.15, -0.1) is 0 Å². The summed E-state index contributed by atoms with van der Waals surface area (Å²) in [6, 6.07) is 2.44. The number of urea groups is 1. The third-order valence-electron chi connectivity index (χ3n) is 3.22. The lowest BCUT2D eigenvalue weighted by molar-refractivity contribution is -0.384. The van der Waals surface area contributed by atoms with Crippen molar-refractivity contribution in [2.75, 3.05) is 18.5 Å². The van der Waals surface area contributed by atoms with Crippen molar-refractivity contribution in [3.05, 3.63) is 22.2 Å². The van der Waals surface area contributed by atoms with Crippen LogP contribution < -0.4 is 20.1 Å². The zero-order valence-corrected chi connectivity index (χ0v) is 11.3. The van der Waals surface area contributed by atoms with Gasteiger partial charge in [0.1, 0.15) is 5.69 Å².